The van der Waals surface area contributed by atoms with Gasteiger partial charge in [0, 0.05) is 27.2 Å². The van der Waals surface area contributed by atoms with Gasteiger partial charge in [-0.2, -0.15) is 18.3 Å². The van der Waals surface area contributed by atoms with Crippen molar-refractivity contribution in [2.24, 2.45) is 4.99 Å². The molecule has 2 aromatic carbocycles. The lowest BCUT2D eigenvalue weighted by Gasteiger charge is -2.22. The second-order valence-corrected chi connectivity index (χ2v) is 6.86. The molecule has 3 aromatic rings. The quantitative estimate of drug-likeness (QED) is 0.493. The molecule has 0 fully saturated rings. The Hall–Kier alpha value is -3.36. The number of aliphatic imine (C=N–C) groups is 1. The van der Waals surface area contributed by atoms with Crippen molar-refractivity contribution < 1.29 is 13.2 Å². The Balaban J connectivity index is 1.57. The number of hydrogen-bond donors (Lipinski definition) is 1. The number of nitrogens with zero attached hydrogens (tertiary/aromatic N) is 5. The highest BCUT2D eigenvalue weighted by Crippen LogP contribution is 2.29. The molecule has 1 aromatic heterocycles. The monoisotopic (exact) mass is 416 g/mol. The standard InChI is InChI=1S/C21H23F3N6/c1-25-20(29(2)12-16-6-8-19(9-7-16)21(22,23)24)27-11-17-4-3-5-18(10-17)13-30-15-26-14-28-30/h3-10,14-15H,11-13H2,1-2H3,(H,25,27). The number of hydrogen-bond acceptors (Lipinski definition) is 3. The van der Waals surface area contributed by atoms with E-state index < -0.39 is 11.7 Å². The minimum absolute atomic E-state index is 0.435. The summed E-state index contributed by atoms with van der Waals surface area (Å²) in [6.45, 7) is 1.63. The van der Waals surface area contributed by atoms with Crippen LogP contribution in [0.25, 0.3) is 0 Å². The van der Waals surface area contributed by atoms with Crippen molar-refractivity contribution in [3.05, 3.63) is 83.4 Å². The summed E-state index contributed by atoms with van der Waals surface area (Å²) in [5.74, 6) is 0.650. The normalized spacial score (nSPS) is 12.1. The summed E-state index contributed by atoms with van der Waals surface area (Å²) in [5, 5.41) is 7.40. The van der Waals surface area contributed by atoms with Crippen molar-refractivity contribution in [3.8, 4) is 0 Å². The molecule has 0 atom stereocenters. The van der Waals surface area contributed by atoms with E-state index in [-0.39, 0.29) is 0 Å². The molecule has 30 heavy (non-hydrogen) atoms. The van der Waals surface area contributed by atoms with Gasteiger partial charge in [-0.15, -0.1) is 0 Å². The second kappa shape index (κ2) is 9.43. The summed E-state index contributed by atoms with van der Waals surface area (Å²) in [6.07, 6.45) is -1.16. The first-order valence-electron chi connectivity index (χ1n) is 9.33. The van der Waals surface area contributed by atoms with Crippen LogP contribution in [0.3, 0.4) is 0 Å². The molecule has 0 spiro atoms. The summed E-state index contributed by atoms with van der Waals surface area (Å²) < 4.78 is 39.9. The second-order valence-electron chi connectivity index (χ2n) is 6.86. The van der Waals surface area contributed by atoms with Crippen LogP contribution < -0.4 is 5.32 Å². The molecule has 0 aliphatic heterocycles. The van der Waals surface area contributed by atoms with Gasteiger partial charge in [-0.3, -0.25) is 4.99 Å². The molecule has 0 amide bonds. The van der Waals surface area contributed by atoms with Crippen molar-refractivity contribution in [2.45, 2.75) is 25.8 Å². The fraction of sp³-hybridized carbons (Fsp3) is 0.286. The van der Waals surface area contributed by atoms with Gasteiger partial charge >= 0.3 is 6.18 Å². The third kappa shape index (κ3) is 5.82. The van der Waals surface area contributed by atoms with Gasteiger partial charge in [0.15, 0.2) is 5.96 Å². The Morgan fingerprint density at radius 3 is 2.47 bits per heavy atom. The number of aromatic nitrogens is 3. The number of alkyl halides is 3. The smallest absolute Gasteiger partial charge is 0.352 e. The van der Waals surface area contributed by atoms with Gasteiger partial charge in [-0.25, -0.2) is 9.67 Å². The highest BCUT2D eigenvalue weighted by Gasteiger charge is 2.29. The van der Waals surface area contributed by atoms with Crippen LogP contribution in [-0.2, 0) is 25.8 Å². The molecule has 0 saturated heterocycles. The number of halogens is 3. The Labute approximate surface area is 173 Å². The summed E-state index contributed by atoms with van der Waals surface area (Å²) >= 11 is 0. The van der Waals surface area contributed by atoms with Gasteiger partial charge < -0.3 is 10.2 Å². The van der Waals surface area contributed by atoms with Gasteiger partial charge in [0.05, 0.1) is 12.1 Å². The van der Waals surface area contributed by atoms with E-state index in [4.69, 9.17) is 0 Å². The molecule has 6 nitrogen and oxygen atoms in total. The molecule has 1 N–H and O–H groups in total. The van der Waals surface area contributed by atoms with Gasteiger partial charge in [-0.05, 0) is 28.8 Å². The maximum Gasteiger partial charge on any atom is 0.416 e. The highest BCUT2D eigenvalue weighted by molar-refractivity contribution is 5.79. The van der Waals surface area contributed by atoms with Gasteiger partial charge in [0.25, 0.3) is 0 Å². The Bertz CT molecular complexity index is 965. The lowest BCUT2D eigenvalue weighted by Crippen LogP contribution is -2.38. The Kier molecular flexibility index (Phi) is 6.71. The molecule has 0 aliphatic carbocycles. The van der Waals surface area contributed by atoms with Gasteiger partial charge in [0.2, 0.25) is 0 Å². The average molecular weight is 416 g/mol. The summed E-state index contributed by atoms with van der Waals surface area (Å²) in [5.41, 5.74) is 2.30. The summed E-state index contributed by atoms with van der Waals surface area (Å²) in [7, 11) is 3.51. The third-order valence-corrected chi connectivity index (χ3v) is 4.53. The highest BCUT2D eigenvalue weighted by atomic mass is 19.4. The summed E-state index contributed by atoms with van der Waals surface area (Å²) in [6, 6.07) is 13.3. The topological polar surface area (TPSA) is 58.3 Å². The van der Waals surface area contributed by atoms with Crippen molar-refractivity contribution in [3.63, 3.8) is 0 Å². The largest absolute Gasteiger partial charge is 0.416 e. The fourth-order valence-electron chi connectivity index (χ4n) is 3.05. The van der Waals surface area contributed by atoms with Crippen LogP contribution >= 0.6 is 0 Å². The number of benzene rings is 2. The predicted molar refractivity (Wildman–Crippen MR) is 109 cm³/mol. The maximum absolute atomic E-state index is 12.7. The molecular formula is C21H23F3N6. The van der Waals surface area contributed by atoms with Crippen molar-refractivity contribution in [1.29, 1.82) is 0 Å². The summed E-state index contributed by atoms with van der Waals surface area (Å²) in [4.78, 5) is 10.1. The molecule has 158 valence electrons. The van der Waals surface area contributed by atoms with Crippen LogP contribution in [0.2, 0.25) is 0 Å². The molecular weight excluding hydrogens is 393 g/mol. The van der Waals surface area contributed by atoms with Crippen LogP contribution in [0.1, 0.15) is 22.3 Å². The van der Waals surface area contributed by atoms with Crippen LogP contribution in [0, 0.1) is 0 Å². The molecule has 3 rings (SSSR count). The fourth-order valence-corrected chi connectivity index (χ4v) is 3.05. The van der Waals surface area contributed by atoms with Gasteiger partial charge in [-0.1, -0.05) is 36.4 Å². The molecule has 1 heterocycles. The van der Waals surface area contributed by atoms with E-state index in [1.807, 2.05) is 30.1 Å². The zero-order valence-electron chi connectivity index (χ0n) is 16.8. The van der Waals surface area contributed by atoms with Crippen molar-refractivity contribution in [2.75, 3.05) is 14.1 Å². The molecule has 0 aliphatic rings. The van der Waals surface area contributed by atoms with E-state index in [0.29, 0.717) is 25.6 Å². The minimum atomic E-state index is -4.33. The van der Waals surface area contributed by atoms with Crippen molar-refractivity contribution >= 4 is 5.96 Å². The van der Waals surface area contributed by atoms with Crippen LogP contribution in [0.5, 0.6) is 0 Å². The van der Waals surface area contributed by atoms with E-state index in [2.05, 4.69) is 26.5 Å². The Morgan fingerprint density at radius 1 is 1.10 bits per heavy atom. The first-order valence-corrected chi connectivity index (χ1v) is 9.33. The van der Waals surface area contributed by atoms with E-state index in [1.165, 1.54) is 18.5 Å². The van der Waals surface area contributed by atoms with Crippen LogP contribution in [0.4, 0.5) is 13.2 Å². The Morgan fingerprint density at radius 2 is 1.83 bits per heavy atom. The first-order chi connectivity index (χ1) is 14.3. The average Bonchev–Trinajstić information content (AvgIpc) is 3.21. The van der Waals surface area contributed by atoms with E-state index in [9.17, 15) is 13.2 Å². The zero-order valence-corrected chi connectivity index (χ0v) is 16.8. The van der Waals surface area contributed by atoms with Crippen LogP contribution in [0.15, 0.2) is 66.2 Å². The van der Waals surface area contributed by atoms with Gasteiger partial charge in [0.1, 0.15) is 12.7 Å². The van der Waals surface area contributed by atoms with E-state index >= 15 is 0 Å². The number of guanidine groups is 1. The number of rotatable bonds is 6. The lowest BCUT2D eigenvalue weighted by molar-refractivity contribution is -0.137. The van der Waals surface area contributed by atoms with Crippen LogP contribution in [-0.4, -0.2) is 39.7 Å². The lowest BCUT2D eigenvalue weighted by atomic mass is 10.1. The predicted octanol–water partition coefficient (Wildman–Crippen LogP) is 3.55. The third-order valence-electron chi connectivity index (χ3n) is 4.53. The maximum atomic E-state index is 12.7. The molecule has 0 unspecified atom stereocenters. The first kappa shape index (κ1) is 21.4. The molecule has 9 heteroatoms. The SMILES string of the molecule is CN=C(NCc1cccc(Cn2cncn2)c1)N(C)Cc1ccc(C(F)(F)F)cc1. The van der Waals surface area contributed by atoms with E-state index in [1.54, 1.807) is 18.1 Å². The molecule has 0 radical (unpaired) electrons. The minimum Gasteiger partial charge on any atom is -0.352 e. The number of nitrogens with one attached hydrogen (secondary N) is 1. The van der Waals surface area contributed by atoms with Crippen molar-refractivity contribution in [1.82, 2.24) is 25.0 Å². The zero-order chi connectivity index (χ0) is 21.6. The van der Waals surface area contributed by atoms with E-state index in [0.717, 1.165) is 28.8 Å². The molecule has 0 saturated carbocycles. The molecule has 0 bridgehead atoms.